The fourth-order valence-corrected chi connectivity index (χ4v) is 3.03. The lowest BCUT2D eigenvalue weighted by Crippen LogP contribution is -2.14. The SMILES string of the molecule is CCn1cc(S(=O)(=O)Nc2ncn(Cc3ccc(C)cc3)n2)cn1. The molecule has 1 N–H and O–H groups in total. The first-order valence-corrected chi connectivity index (χ1v) is 8.95. The third-order valence-electron chi connectivity index (χ3n) is 3.47. The van der Waals surface area contributed by atoms with Gasteiger partial charge in [-0.25, -0.2) is 17.8 Å². The number of rotatable bonds is 6. The van der Waals surface area contributed by atoms with E-state index in [-0.39, 0.29) is 10.8 Å². The van der Waals surface area contributed by atoms with Crippen LogP contribution in [-0.2, 0) is 23.1 Å². The molecule has 126 valence electrons. The Kier molecular flexibility index (Phi) is 4.34. The molecule has 0 atom stereocenters. The highest BCUT2D eigenvalue weighted by Gasteiger charge is 2.18. The Hall–Kier alpha value is -2.68. The van der Waals surface area contributed by atoms with Gasteiger partial charge in [0.2, 0.25) is 0 Å². The monoisotopic (exact) mass is 346 g/mol. The molecule has 0 spiro atoms. The van der Waals surface area contributed by atoms with Crippen LogP contribution >= 0.6 is 0 Å². The Bertz CT molecular complexity index is 927. The molecule has 0 aliphatic rings. The molecule has 3 rings (SSSR count). The van der Waals surface area contributed by atoms with Gasteiger partial charge >= 0.3 is 0 Å². The van der Waals surface area contributed by atoms with Crippen molar-refractivity contribution in [2.24, 2.45) is 0 Å². The number of hydrogen-bond acceptors (Lipinski definition) is 5. The van der Waals surface area contributed by atoms with Crippen LogP contribution in [0.1, 0.15) is 18.1 Å². The van der Waals surface area contributed by atoms with Gasteiger partial charge in [-0.3, -0.25) is 4.68 Å². The highest BCUT2D eigenvalue weighted by atomic mass is 32.2. The van der Waals surface area contributed by atoms with E-state index in [4.69, 9.17) is 0 Å². The van der Waals surface area contributed by atoms with Gasteiger partial charge in [0.05, 0.1) is 12.7 Å². The van der Waals surface area contributed by atoms with Gasteiger partial charge in [-0.15, -0.1) is 5.10 Å². The van der Waals surface area contributed by atoms with Crippen molar-refractivity contribution in [3.8, 4) is 0 Å². The van der Waals surface area contributed by atoms with E-state index in [0.717, 1.165) is 5.56 Å². The van der Waals surface area contributed by atoms with E-state index in [1.54, 1.807) is 4.68 Å². The van der Waals surface area contributed by atoms with Crippen LogP contribution in [0.3, 0.4) is 0 Å². The van der Waals surface area contributed by atoms with Crippen molar-refractivity contribution in [1.82, 2.24) is 24.5 Å². The molecule has 0 bridgehead atoms. The van der Waals surface area contributed by atoms with Crippen molar-refractivity contribution in [3.05, 3.63) is 54.1 Å². The topological polar surface area (TPSA) is 94.7 Å². The Balaban J connectivity index is 1.72. The fourth-order valence-electron chi connectivity index (χ4n) is 2.13. The lowest BCUT2D eigenvalue weighted by molar-refractivity contribution is 0.600. The Labute approximate surface area is 140 Å². The summed E-state index contributed by atoms with van der Waals surface area (Å²) in [5, 5.41) is 8.12. The summed E-state index contributed by atoms with van der Waals surface area (Å²) in [6, 6.07) is 8.03. The second-order valence-corrected chi connectivity index (χ2v) is 7.07. The smallest absolute Gasteiger partial charge is 0.267 e. The molecule has 9 heteroatoms. The second kappa shape index (κ2) is 6.44. The van der Waals surface area contributed by atoms with Crippen LogP contribution in [0.5, 0.6) is 0 Å². The molecule has 8 nitrogen and oxygen atoms in total. The summed E-state index contributed by atoms with van der Waals surface area (Å²) in [6.07, 6.45) is 4.26. The lowest BCUT2D eigenvalue weighted by atomic mass is 10.1. The number of benzene rings is 1. The van der Waals surface area contributed by atoms with Crippen LogP contribution in [0, 0.1) is 6.92 Å². The minimum Gasteiger partial charge on any atom is -0.272 e. The molecule has 0 aliphatic heterocycles. The Morgan fingerprint density at radius 1 is 1.17 bits per heavy atom. The molecule has 2 heterocycles. The van der Waals surface area contributed by atoms with Crippen LogP contribution < -0.4 is 4.72 Å². The molecule has 0 saturated heterocycles. The minimum atomic E-state index is -3.74. The largest absolute Gasteiger partial charge is 0.272 e. The van der Waals surface area contributed by atoms with Crippen LogP contribution in [0.15, 0.2) is 47.9 Å². The van der Waals surface area contributed by atoms with Crippen LogP contribution in [0.4, 0.5) is 5.95 Å². The van der Waals surface area contributed by atoms with Gasteiger partial charge in [0.15, 0.2) is 0 Å². The van der Waals surface area contributed by atoms with Crippen LogP contribution in [0.2, 0.25) is 0 Å². The van der Waals surface area contributed by atoms with Crippen molar-refractivity contribution in [3.63, 3.8) is 0 Å². The van der Waals surface area contributed by atoms with Crippen molar-refractivity contribution in [2.45, 2.75) is 31.8 Å². The quantitative estimate of drug-likeness (QED) is 0.732. The van der Waals surface area contributed by atoms with Gasteiger partial charge < -0.3 is 0 Å². The van der Waals surface area contributed by atoms with Gasteiger partial charge in [0.25, 0.3) is 16.0 Å². The summed E-state index contributed by atoms with van der Waals surface area (Å²) < 4.78 is 30.0. The zero-order valence-electron chi connectivity index (χ0n) is 13.4. The summed E-state index contributed by atoms with van der Waals surface area (Å²) in [4.78, 5) is 4.08. The number of hydrogen-bond donors (Lipinski definition) is 1. The molecular formula is C15H18N6O2S. The van der Waals surface area contributed by atoms with Crippen molar-refractivity contribution in [2.75, 3.05) is 4.72 Å². The molecule has 1 aromatic carbocycles. The molecular weight excluding hydrogens is 328 g/mol. The molecule has 24 heavy (non-hydrogen) atoms. The molecule has 0 saturated carbocycles. The molecule has 0 amide bonds. The first-order chi connectivity index (χ1) is 11.5. The van der Waals surface area contributed by atoms with E-state index in [1.165, 1.54) is 29.0 Å². The minimum absolute atomic E-state index is 0.0337. The average molecular weight is 346 g/mol. The van der Waals surface area contributed by atoms with Gasteiger partial charge in [-0.05, 0) is 19.4 Å². The fraction of sp³-hybridized carbons (Fsp3) is 0.267. The average Bonchev–Trinajstić information content (AvgIpc) is 3.19. The second-order valence-electron chi connectivity index (χ2n) is 5.39. The van der Waals surface area contributed by atoms with Crippen LogP contribution in [0.25, 0.3) is 0 Å². The van der Waals surface area contributed by atoms with Gasteiger partial charge in [-0.2, -0.15) is 10.1 Å². The number of sulfonamides is 1. The van der Waals surface area contributed by atoms with E-state index in [2.05, 4.69) is 19.9 Å². The van der Waals surface area contributed by atoms with E-state index >= 15 is 0 Å². The third-order valence-corrected chi connectivity index (χ3v) is 4.75. The summed E-state index contributed by atoms with van der Waals surface area (Å²) >= 11 is 0. The third kappa shape index (κ3) is 3.62. The molecule has 0 fully saturated rings. The lowest BCUT2D eigenvalue weighted by Gasteiger charge is -2.02. The number of nitrogens with one attached hydrogen (secondary N) is 1. The van der Waals surface area contributed by atoms with Crippen molar-refractivity contribution in [1.29, 1.82) is 0 Å². The van der Waals surface area contributed by atoms with E-state index < -0.39 is 10.0 Å². The Morgan fingerprint density at radius 3 is 2.58 bits per heavy atom. The predicted molar refractivity (Wildman–Crippen MR) is 89.0 cm³/mol. The number of aromatic nitrogens is 5. The van der Waals surface area contributed by atoms with Gasteiger partial charge in [0.1, 0.15) is 11.2 Å². The number of aryl methyl sites for hydroxylation is 2. The molecule has 0 radical (unpaired) electrons. The first-order valence-electron chi connectivity index (χ1n) is 7.46. The Morgan fingerprint density at radius 2 is 1.92 bits per heavy atom. The zero-order chi connectivity index (χ0) is 17.2. The summed E-state index contributed by atoms with van der Waals surface area (Å²) in [5.41, 5.74) is 2.24. The maximum absolute atomic E-state index is 12.3. The highest BCUT2D eigenvalue weighted by molar-refractivity contribution is 7.92. The molecule has 2 aromatic heterocycles. The van der Waals surface area contributed by atoms with E-state index in [0.29, 0.717) is 13.1 Å². The normalized spacial score (nSPS) is 11.6. The number of nitrogens with zero attached hydrogens (tertiary/aromatic N) is 5. The van der Waals surface area contributed by atoms with E-state index in [1.807, 2.05) is 38.1 Å². The zero-order valence-corrected chi connectivity index (χ0v) is 14.2. The van der Waals surface area contributed by atoms with Crippen molar-refractivity contribution < 1.29 is 8.42 Å². The highest BCUT2D eigenvalue weighted by Crippen LogP contribution is 2.12. The van der Waals surface area contributed by atoms with Crippen molar-refractivity contribution >= 4 is 16.0 Å². The summed E-state index contributed by atoms with van der Waals surface area (Å²) in [7, 11) is -3.74. The maximum Gasteiger partial charge on any atom is 0.267 e. The summed E-state index contributed by atoms with van der Waals surface area (Å²) in [6.45, 7) is 5.01. The first kappa shape index (κ1) is 16.2. The van der Waals surface area contributed by atoms with Gasteiger partial charge in [-0.1, -0.05) is 29.8 Å². The molecule has 0 unspecified atom stereocenters. The van der Waals surface area contributed by atoms with Crippen LogP contribution in [-0.4, -0.2) is 33.0 Å². The number of anilines is 1. The summed E-state index contributed by atoms with van der Waals surface area (Å²) in [5.74, 6) is 0.0337. The molecule has 3 aromatic rings. The van der Waals surface area contributed by atoms with E-state index in [9.17, 15) is 8.42 Å². The molecule has 0 aliphatic carbocycles. The standard InChI is InChI=1S/C15H18N6O2S/c1-3-20-10-14(8-17-20)24(22,23)19-15-16-11-21(18-15)9-13-6-4-12(2)5-7-13/h4-8,10-11H,3,9H2,1-2H3,(H,18,19). The van der Waals surface area contributed by atoms with Gasteiger partial charge in [0, 0.05) is 12.7 Å². The maximum atomic E-state index is 12.3. The predicted octanol–water partition coefficient (Wildman–Crippen LogP) is 1.65.